The van der Waals surface area contributed by atoms with Crippen molar-refractivity contribution in [1.82, 2.24) is 10.2 Å². The van der Waals surface area contributed by atoms with Gasteiger partial charge in [0.05, 0.1) is 13.0 Å². The molecule has 4 heteroatoms. The molecular formula is C13H26N2O2. The molecule has 17 heavy (non-hydrogen) atoms. The van der Waals surface area contributed by atoms with Crippen molar-refractivity contribution >= 4 is 5.97 Å². The van der Waals surface area contributed by atoms with Crippen molar-refractivity contribution in [3.63, 3.8) is 0 Å². The molecule has 0 saturated heterocycles. The summed E-state index contributed by atoms with van der Waals surface area (Å²) in [5.41, 5.74) is 0. The zero-order chi connectivity index (χ0) is 12.5. The minimum absolute atomic E-state index is 0.107. The van der Waals surface area contributed by atoms with Gasteiger partial charge in [-0.2, -0.15) is 0 Å². The molecule has 0 bridgehead atoms. The van der Waals surface area contributed by atoms with E-state index in [4.69, 9.17) is 4.74 Å². The molecule has 0 heterocycles. The van der Waals surface area contributed by atoms with Gasteiger partial charge in [-0.3, -0.25) is 4.79 Å². The number of hydrogen-bond acceptors (Lipinski definition) is 4. The number of rotatable bonds is 8. The van der Waals surface area contributed by atoms with Crippen molar-refractivity contribution in [1.29, 1.82) is 0 Å². The average Bonchev–Trinajstić information content (AvgIpc) is 2.82. The molecule has 0 radical (unpaired) electrons. The lowest BCUT2D eigenvalue weighted by atomic mass is 10.2. The molecule has 0 amide bonds. The zero-order valence-electron chi connectivity index (χ0n) is 11.2. The van der Waals surface area contributed by atoms with Crippen LogP contribution in [0.3, 0.4) is 0 Å². The highest BCUT2D eigenvalue weighted by atomic mass is 16.5. The first-order valence-corrected chi connectivity index (χ1v) is 6.80. The standard InChI is InChI=1S/C13H26N2O2/c1-3-17-13(16)8-9-14-10-11-15(2)12-6-4-5-7-12/h12,14H,3-11H2,1-2H3. The molecule has 0 aromatic heterocycles. The molecule has 0 aromatic carbocycles. The van der Waals surface area contributed by atoms with Gasteiger partial charge >= 0.3 is 5.97 Å². The lowest BCUT2D eigenvalue weighted by Crippen LogP contribution is -2.36. The van der Waals surface area contributed by atoms with Crippen LogP contribution in [0.4, 0.5) is 0 Å². The number of nitrogens with one attached hydrogen (secondary N) is 1. The largest absolute Gasteiger partial charge is 0.466 e. The van der Waals surface area contributed by atoms with Gasteiger partial charge in [-0.15, -0.1) is 0 Å². The van der Waals surface area contributed by atoms with Gasteiger partial charge in [-0.25, -0.2) is 0 Å². The third-order valence-electron chi connectivity index (χ3n) is 3.40. The second-order valence-corrected chi connectivity index (χ2v) is 4.72. The summed E-state index contributed by atoms with van der Waals surface area (Å²) in [6.45, 7) is 5.04. The van der Waals surface area contributed by atoms with Crippen LogP contribution in [0, 0.1) is 0 Å². The van der Waals surface area contributed by atoms with Gasteiger partial charge in [0.15, 0.2) is 0 Å². The smallest absolute Gasteiger partial charge is 0.307 e. The highest BCUT2D eigenvalue weighted by Crippen LogP contribution is 2.21. The highest BCUT2D eigenvalue weighted by Gasteiger charge is 2.18. The van der Waals surface area contributed by atoms with Crippen LogP contribution >= 0.6 is 0 Å². The fourth-order valence-corrected chi connectivity index (χ4v) is 2.33. The van der Waals surface area contributed by atoms with Crippen molar-refractivity contribution < 1.29 is 9.53 Å². The molecule has 1 aliphatic carbocycles. The van der Waals surface area contributed by atoms with Crippen LogP contribution in [0.2, 0.25) is 0 Å². The second kappa shape index (κ2) is 8.48. The molecular weight excluding hydrogens is 216 g/mol. The monoisotopic (exact) mass is 242 g/mol. The van der Waals surface area contributed by atoms with Gasteiger partial charge < -0.3 is 15.0 Å². The average molecular weight is 242 g/mol. The number of carbonyl (C=O) groups is 1. The number of carbonyl (C=O) groups excluding carboxylic acids is 1. The molecule has 0 unspecified atom stereocenters. The maximum atomic E-state index is 11.1. The summed E-state index contributed by atoms with van der Waals surface area (Å²) in [7, 11) is 2.20. The zero-order valence-corrected chi connectivity index (χ0v) is 11.2. The van der Waals surface area contributed by atoms with Crippen LogP contribution in [-0.4, -0.2) is 50.2 Å². The van der Waals surface area contributed by atoms with Crippen LogP contribution in [0.15, 0.2) is 0 Å². The molecule has 1 rings (SSSR count). The Morgan fingerprint density at radius 3 is 2.71 bits per heavy atom. The van der Waals surface area contributed by atoms with Crippen molar-refractivity contribution in [3.05, 3.63) is 0 Å². The van der Waals surface area contributed by atoms with Crippen molar-refractivity contribution in [2.75, 3.05) is 33.3 Å². The quantitative estimate of drug-likeness (QED) is 0.516. The Balaban J connectivity index is 1.94. The number of esters is 1. The Bertz CT molecular complexity index is 215. The fraction of sp³-hybridized carbons (Fsp3) is 0.923. The Morgan fingerprint density at radius 1 is 1.35 bits per heavy atom. The molecule has 100 valence electrons. The lowest BCUT2D eigenvalue weighted by molar-refractivity contribution is -0.142. The summed E-state index contributed by atoms with van der Waals surface area (Å²) >= 11 is 0. The summed E-state index contributed by atoms with van der Waals surface area (Å²) < 4.78 is 4.86. The van der Waals surface area contributed by atoms with Crippen LogP contribution < -0.4 is 5.32 Å². The Hall–Kier alpha value is -0.610. The molecule has 0 atom stereocenters. The van der Waals surface area contributed by atoms with E-state index in [1.54, 1.807) is 0 Å². The van der Waals surface area contributed by atoms with Crippen LogP contribution in [-0.2, 0) is 9.53 Å². The molecule has 4 nitrogen and oxygen atoms in total. The SMILES string of the molecule is CCOC(=O)CCNCCN(C)C1CCCC1. The van der Waals surface area contributed by atoms with E-state index in [0.717, 1.165) is 25.7 Å². The van der Waals surface area contributed by atoms with E-state index >= 15 is 0 Å². The number of likely N-dealkylation sites (N-methyl/N-ethyl adjacent to an activating group) is 1. The number of nitrogens with zero attached hydrogens (tertiary/aromatic N) is 1. The Kier molecular flexibility index (Phi) is 7.21. The fourth-order valence-electron chi connectivity index (χ4n) is 2.33. The topological polar surface area (TPSA) is 41.6 Å². The van der Waals surface area contributed by atoms with Crippen LogP contribution in [0.25, 0.3) is 0 Å². The minimum Gasteiger partial charge on any atom is -0.466 e. The van der Waals surface area contributed by atoms with Gasteiger partial charge in [0.2, 0.25) is 0 Å². The van der Waals surface area contributed by atoms with E-state index in [9.17, 15) is 4.79 Å². The first kappa shape index (κ1) is 14.5. The maximum absolute atomic E-state index is 11.1. The summed E-state index contributed by atoms with van der Waals surface area (Å²) in [6, 6.07) is 0.779. The van der Waals surface area contributed by atoms with E-state index < -0.39 is 0 Å². The van der Waals surface area contributed by atoms with Gasteiger partial charge in [-0.05, 0) is 26.8 Å². The van der Waals surface area contributed by atoms with E-state index in [0.29, 0.717) is 13.0 Å². The Labute approximate surface area is 105 Å². The van der Waals surface area contributed by atoms with Gasteiger partial charge in [0.25, 0.3) is 0 Å². The number of ether oxygens (including phenoxy) is 1. The third kappa shape index (κ3) is 6.03. The van der Waals surface area contributed by atoms with Gasteiger partial charge in [0, 0.05) is 25.7 Å². The third-order valence-corrected chi connectivity index (χ3v) is 3.40. The normalized spacial score (nSPS) is 16.6. The molecule has 0 spiro atoms. The molecule has 1 fully saturated rings. The summed E-state index contributed by atoms with van der Waals surface area (Å²) in [4.78, 5) is 13.5. The summed E-state index contributed by atoms with van der Waals surface area (Å²) in [5, 5.41) is 3.29. The maximum Gasteiger partial charge on any atom is 0.307 e. The first-order valence-electron chi connectivity index (χ1n) is 6.80. The molecule has 1 aliphatic rings. The lowest BCUT2D eigenvalue weighted by Gasteiger charge is -2.23. The molecule has 1 saturated carbocycles. The first-order chi connectivity index (χ1) is 8.24. The minimum atomic E-state index is -0.107. The van der Waals surface area contributed by atoms with Gasteiger partial charge in [0.1, 0.15) is 0 Å². The molecule has 1 N–H and O–H groups in total. The molecule has 0 aromatic rings. The second-order valence-electron chi connectivity index (χ2n) is 4.72. The Morgan fingerprint density at radius 2 is 2.06 bits per heavy atom. The van der Waals surface area contributed by atoms with Crippen LogP contribution in [0.5, 0.6) is 0 Å². The number of hydrogen-bond donors (Lipinski definition) is 1. The summed E-state index contributed by atoms with van der Waals surface area (Å²) in [6.07, 6.45) is 5.93. The van der Waals surface area contributed by atoms with E-state index in [2.05, 4.69) is 17.3 Å². The van der Waals surface area contributed by atoms with Gasteiger partial charge in [-0.1, -0.05) is 12.8 Å². The van der Waals surface area contributed by atoms with Crippen molar-refractivity contribution in [3.8, 4) is 0 Å². The highest BCUT2D eigenvalue weighted by molar-refractivity contribution is 5.69. The predicted octanol–water partition coefficient (Wildman–Crippen LogP) is 1.40. The summed E-state index contributed by atoms with van der Waals surface area (Å²) in [5.74, 6) is -0.107. The predicted molar refractivity (Wildman–Crippen MR) is 69.0 cm³/mol. The molecule has 0 aliphatic heterocycles. The van der Waals surface area contributed by atoms with E-state index in [-0.39, 0.29) is 5.97 Å². The van der Waals surface area contributed by atoms with Crippen LogP contribution in [0.1, 0.15) is 39.0 Å². The van der Waals surface area contributed by atoms with E-state index in [1.165, 1.54) is 25.7 Å². The van der Waals surface area contributed by atoms with Crippen molar-refractivity contribution in [2.24, 2.45) is 0 Å². The van der Waals surface area contributed by atoms with E-state index in [1.807, 2.05) is 6.92 Å². The van der Waals surface area contributed by atoms with Crippen molar-refractivity contribution in [2.45, 2.75) is 45.1 Å².